The Morgan fingerprint density at radius 1 is 1.35 bits per heavy atom. The van der Waals surface area contributed by atoms with E-state index in [1.807, 2.05) is 13.0 Å². The molecule has 0 fully saturated rings. The van der Waals surface area contributed by atoms with Gasteiger partial charge in [-0.3, -0.25) is 0 Å². The summed E-state index contributed by atoms with van der Waals surface area (Å²) in [6.07, 6.45) is 2.90. The Hall–Kier alpha value is -2.30. The molecule has 0 aliphatic rings. The Kier molecular flexibility index (Phi) is 4.08. The molecule has 0 saturated carbocycles. The van der Waals surface area contributed by atoms with Crippen molar-refractivity contribution in [1.29, 1.82) is 0 Å². The van der Waals surface area contributed by atoms with E-state index in [0.717, 1.165) is 5.56 Å². The number of hydrogen-bond acceptors (Lipinski definition) is 4. The molecule has 1 aromatic heterocycles. The maximum Gasteiger partial charge on any atom is 0.356 e. The van der Waals surface area contributed by atoms with Crippen molar-refractivity contribution in [3.8, 4) is 5.75 Å². The van der Waals surface area contributed by atoms with E-state index in [4.69, 9.17) is 4.74 Å². The highest BCUT2D eigenvalue weighted by molar-refractivity contribution is 5.87. The molecule has 0 radical (unpaired) electrons. The zero-order valence-electron chi connectivity index (χ0n) is 11.8. The minimum Gasteiger partial charge on any atom is -0.508 e. The highest BCUT2D eigenvalue weighted by Gasteiger charge is 2.19. The van der Waals surface area contributed by atoms with Gasteiger partial charge in [-0.25, -0.2) is 9.78 Å². The Labute approximate surface area is 117 Å². The van der Waals surface area contributed by atoms with Gasteiger partial charge >= 0.3 is 5.97 Å². The second kappa shape index (κ2) is 5.77. The third-order valence-corrected chi connectivity index (χ3v) is 2.99. The molecule has 0 aliphatic heterocycles. The molecule has 1 atom stereocenters. The number of benzene rings is 1. The molecule has 2 aromatic rings. The van der Waals surface area contributed by atoms with Crippen molar-refractivity contribution in [3.05, 3.63) is 48.0 Å². The molecule has 20 heavy (non-hydrogen) atoms. The van der Waals surface area contributed by atoms with Gasteiger partial charge in [-0.2, -0.15) is 0 Å². The molecule has 1 aromatic carbocycles. The number of nitrogens with zero attached hydrogens (tertiary/aromatic N) is 2. The largest absolute Gasteiger partial charge is 0.508 e. The van der Waals surface area contributed by atoms with Gasteiger partial charge in [0.1, 0.15) is 11.4 Å². The van der Waals surface area contributed by atoms with Gasteiger partial charge < -0.3 is 14.4 Å². The van der Waals surface area contributed by atoms with Crippen LogP contribution in [0, 0.1) is 0 Å². The van der Waals surface area contributed by atoms with Crippen LogP contribution in [0.3, 0.4) is 0 Å². The predicted molar refractivity (Wildman–Crippen MR) is 74.7 cm³/mol. The number of aromatic hydroxyl groups is 1. The molecule has 2 rings (SSSR count). The van der Waals surface area contributed by atoms with Crippen LogP contribution in [0.4, 0.5) is 0 Å². The molecule has 0 bridgehead atoms. The molecule has 106 valence electrons. The smallest absolute Gasteiger partial charge is 0.356 e. The minimum atomic E-state index is -0.399. The Bertz CT molecular complexity index is 605. The second-order valence-electron chi connectivity index (χ2n) is 4.91. The number of carbonyl (C=O) groups is 1. The molecule has 1 heterocycles. The van der Waals surface area contributed by atoms with Crippen molar-refractivity contribution in [2.24, 2.45) is 0 Å². The van der Waals surface area contributed by atoms with Crippen LogP contribution in [-0.4, -0.2) is 26.7 Å². The average molecular weight is 274 g/mol. The molecule has 0 saturated heterocycles. The van der Waals surface area contributed by atoms with Gasteiger partial charge in [0.25, 0.3) is 0 Å². The number of imidazole rings is 1. The molecule has 0 aliphatic carbocycles. The fraction of sp³-hybridized carbons (Fsp3) is 0.333. The van der Waals surface area contributed by atoms with Gasteiger partial charge in [0, 0.05) is 0 Å². The number of ether oxygens (including phenoxy) is 1. The van der Waals surface area contributed by atoms with Crippen LogP contribution >= 0.6 is 0 Å². The summed E-state index contributed by atoms with van der Waals surface area (Å²) in [5.41, 5.74) is 1.29. The van der Waals surface area contributed by atoms with Gasteiger partial charge in [0.15, 0.2) is 0 Å². The number of phenolic OH excluding ortho intramolecular Hbond substituents is 1. The molecule has 0 amide bonds. The van der Waals surface area contributed by atoms with Crippen molar-refractivity contribution in [2.75, 3.05) is 0 Å². The molecular formula is C15H18N2O3. The quantitative estimate of drug-likeness (QED) is 0.871. The van der Waals surface area contributed by atoms with Crippen LogP contribution in [0.1, 0.15) is 42.9 Å². The van der Waals surface area contributed by atoms with E-state index < -0.39 is 5.97 Å². The van der Waals surface area contributed by atoms with E-state index in [1.165, 1.54) is 6.20 Å². The SMILES string of the molecule is CC(C)OC(=O)c1cncn1C(C)c1cccc(O)c1. The fourth-order valence-corrected chi connectivity index (χ4v) is 1.99. The predicted octanol–water partition coefficient (Wildman–Crippen LogP) is 2.76. The number of carbonyl (C=O) groups excluding carboxylic acids is 1. The van der Waals surface area contributed by atoms with Gasteiger partial charge in [0.2, 0.25) is 0 Å². The second-order valence-corrected chi connectivity index (χ2v) is 4.91. The van der Waals surface area contributed by atoms with E-state index in [-0.39, 0.29) is 17.9 Å². The van der Waals surface area contributed by atoms with Crippen LogP contribution in [0.5, 0.6) is 5.75 Å². The molecule has 1 N–H and O–H groups in total. The van der Waals surface area contributed by atoms with Crippen LogP contribution < -0.4 is 0 Å². The maximum absolute atomic E-state index is 12.0. The summed E-state index contributed by atoms with van der Waals surface area (Å²) in [5.74, 6) is -0.203. The third-order valence-electron chi connectivity index (χ3n) is 2.99. The maximum atomic E-state index is 12.0. The lowest BCUT2D eigenvalue weighted by molar-refractivity contribution is 0.0364. The Morgan fingerprint density at radius 3 is 2.75 bits per heavy atom. The Morgan fingerprint density at radius 2 is 2.10 bits per heavy atom. The summed E-state index contributed by atoms with van der Waals surface area (Å²) in [6.45, 7) is 5.54. The minimum absolute atomic E-state index is 0.126. The van der Waals surface area contributed by atoms with E-state index in [0.29, 0.717) is 5.69 Å². The molecule has 1 unspecified atom stereocenters. The first-order valence-electron chi connectivity index (χ1n) is 6.50. The van der Waals surface area contributed by atoms with Crippen LogP contribution in [0.15, 0.2) is 36.8 Å². The van der Waals surface area contributed by atoms with Gasteiger partial charge in [-0.15, -0.1) is 0 Å². The summed E-state index contributed by atoms with van der Waals surface area (Å²) in [7, 11) is 0. The lowest BCUT2D eigenvalue weighted by Crippen LogP contribution is -2.18. The number of aromatic nitrogens is 2. The number of phenols is 1. The van der Waals surface area contributed by atoms with Crippen molar-refractivity contribution >= 4 is 5.97 Å². The Balaban J connectivity index is 2.30. The van der Waals surface area contributed by atoms with Gasteiger partial charge in [0.05, 0.1) is 24.7 Å². The van der Waals surface area contributed by atoms with Crippen LogP contribution in [0.25, 0.3) is 0 Å². The normalized spacial score (nSPS) is 12.4. The summed E-state index contributed by atoms with van der Waals surface area (Å²) in [4.78, 5) is 16.0. The van der Waals surface area contributed by atoms with Crippen molar-refractivity contribution in [2.45, 2.75) is 32.9 Å². The summed E-state index contributed by atoms with van der Waals surface area (Å²) in [6, 6.07) is 6.81. The van der Waals surface area contributed by atoms with E-state index in [9.17, 15) is 9.90 Å². The van der Waals surface area contributed by atoms with Crippen molar-refractivity contribution in [3.63, 3.8) is 0 Å². The standard InChI is InChI=1S/C15H18N2O3/c1-10(2)20-15(19)14-8-16-9-17(14)11(3)12-5-4-6-13(18)7-12/h4-11,18H,1-3H3. The molecule has 5 nitrogen and oxygen atoms in total. The van der Waals surface area contributed by atoms with E-state index in [2.05, 4.69) is 4.98 Å². The molecule has 0 spiro atoms. The average Bonchev–Trinajstić information content (AvgIpc) is 2.86. The van der Waals surface area contributed by atoms with Crippen molar-refractivity contribution in [1.82, 2.24) is 9.55 Å². The summed E-state index contributed by atoms with van der Waals surface area (Å²) in [5, 5.41) is 9.54. The van der Waals surface area contributed by atoms with Gasteiger partial charge in [-0.1, -0.05) is 12.1 Å². The summed E-state index contributed by atoms with van der Waals surface area (Å²) < 4.78 is 6.93. The lowest BCUT2D eigenvalue weighted by atomic mass is 10.1. The first kappa shape index (κ1) is 14.1. The zero-order valence-corrected chi connectivity index (χ0v) is 11.8. The highest BCUT2D eigenvalue weighted by atomic mass is 16.5. The van der Waals surface area contributed by atoms with Crippen LogP contribution in [-0.2, 0) is 4.74 Å². The highest BCUT2D eigenvalue weighted by Crippen LogP contribution is 2.23. The lowest BCUT2D eigenvalue weighted by Gasteiger charge is -2.17. The van der Waals surface area contributed by atoms with Crippen LogP contribution in [0.2, 0.25) is 0 Å². The van der Waals surface area contributed by atoms with Crippen molar-refractivity contribution < 1.29 is 14.6 Å². The third kappa shape index (κ3) is 2.99. The number of hydrogen-bond donors (Lipinski definition) is 1. The van der Waals surface area contributed by atoms with Gasteiger partial charge in [-0.05, 0) is 38.5 Å². The molecular weight excluding hydrogens is 256 g/mol. The summed E-state index contributed by atoms with van der Waals surface area (Å²) >= 11 is 0. The van der Waals surface area contributed by atoms with E-state index in [1.54, 1.807) is 42.9 Å². The topological polar surface area (TPSA) is 64.3 Å². The first-order valence-corrected chi connectivity index (χ1v) is 6.50. The molecule has 5 heteroatoms. The monoisotopic (exact) mass is 274 g/mol. The first-order chi connectivity index (χ1) is 9.49. The van der Waals surface area contributed by atoms with E-state index >= 15 is 0 Å². The number of esters is 1. The fourth-order valence-electron chi connectivity index (χ4n) is 1.99. The number of rotatable bonds is 4. The zero-order chi connectivity index (χ0) is 14.7.